The number of nitrogens with zero attached hydrogens (tertiary/aromatic N) is 2. The lowest BCUT2D eigenvalue weighted by molar-refractivity contribution is 0.242. The van der Waals surface area contributed by atoms with Crippen molar-refractivity contribution in [3.8, 4) is 0 Å². The fourth-order valence-electron chi connectivity index (χ4n) is 5.16. The highest BCUT2D eigenvalue weighted by Crippen LogP contribution is 2.65. The van der Waals surface area contributed by atoms with Crippen LogP contribution in [-0.4, -0.2) is 49.3 Å². The molecule has 3 fully saturated rings. The van der Waals surface area contributed by atoms with E-state index in [1.807, 2.05) is 0 Å². The number of anilines is 1. The third-order valence-electron chi connectivity index (χ3n) is 6.40. The van der Waals surface area contributed by atoms with Gasteiger partial charge < -0.3 is 14.9 Å². The Kier molecular flexibility index (Phi) is 3.66. The molecule has 3 aliphatic rings. The van der Waals surface area contributed by atoms with Gasteiger partial charge in [-0.3, -0.25) is 0 Å². The van der Waals surface area contributed by atoms with Crippen LogP contribution in [0.15, 0.2) is 24.3 Å². The molecule has 2 heterocycles. The second-order valence-electron chi connectivity index (χ2n) is 7.33. The molecule has 3 atom stereocenters. The summed E-state index contributed by atoms with van der Waals surface area (Å²) in [5, 5.41) is 9.38. The molecule has 22 heavy (non-hydrogen) atoms. The summed E-state index contributed by atoms with van der Waals surface area (Å²) in [6.07, 6.45) is 3.63. The highest BCUT2D eigenvalue weighted by molar-refractivity contribution is 5.51. The van der Waals surface area contributed by atoms with E-state index >= 15 is 0 Å². The number of benzene rings is 1. The molecule has 0 radical (unpaired) electrons. The number of aliphatic hydroxyl groups excluding tert-OH is 1. The molecule has 120 valence electrons. The van der Waals surface area contributed by atoms with E-state index in [4.69, 9.17) is 0 Å². The van der Waals surface area contributed by atoms with Gasteiger partial charge in [-0.25, -0.2) is 0 Å². The van der Waals surface area contributed by atoms with Gasteiger partial charge in [0.15, 0.2) is 0 Å². The molecule has 2 saturated heterocycles. The van der Waals surface area contributed by atoms with E-state index in [1.165, 1.54) is 50.3 Å². The molecular formula is C19H28N2O. The maximum Gasteiger partial charge on any atom is 0.0434 e. The smallest absolute Gasteiger partial charge is 0.0434 e. The summed E-state index contributed by atoms with van der Waals surface area (Å²) >= 11 is 0. The molecule has 0 spiro atoms. The predicted molar refractivity (Wildman–Crippen MR) is 90.4 cm³/mol. The molecule has 0 amide bonds. The molecule has 4 rings (SSSR count). The molecule has 1 saturated carbocycles. The van der Waals surface area contributed by atoms with Crippen molar-refractivity contribution >= 4 is 5.69 Å². The van der Waals surface area contributed by atoms with Gasteiger partial charge in [-0.05, 0) is 55.3 Å². The zero-order chi connectivity index (χ0) is 15.2. The van der Waals surface area contributed by atoms with E-state index in [1.54, 1.807) is 0 Å². The number of piperidine rings is 1. The Balaban J connectivity index is 1.56. The lowest BCUT2D eigenvalue weighted by Crippen LogP contribution is -2.29. The Labute approximate surface area is 133 Å². The van der Waals surface area contributed by atoms with Crippen molar-refractivity contribution in [2.75, 3.05) is 44.2 Å². The molecule has 0 aromatic heterocycles. The van der Waals surface area contributed by atoms with Crippen molar-refractivity contribution in [1.29, 1.82) is 0 Å². The quantitative estimate of drug-likeness (QED) is 0.905. The van der Waals surface area contributed by atoms with Crippen molar-refractivity contribution in [2.45, 2.75) is 31.6 Å². The number of aliphatic hydroxyl groups is 1. The Morgan fingerprint density at radius 2 is 1.91 bits per heavy atom. The fourth-order valence-corrected chi connectivity index (χ4v) is 5.16. The Morgan fingerprint density at radius 3 is 2.55 bits per heavy atom. The van der Waals surface area contributed by atoms with Crippen molar-refractivity contribution < 1.29 is 5.11 Å². The van der Waals surface area contributed by atoms with Gasteiger partial charge in [-0.15, -0.1) is 0 Å². The van der Waals surface area contributed by atoms with Crippen molar-refractivity contribution in [1.82, 2.24) is 4.90 Å². The number of hydrogen-bond donors (Lipinski definition) is 1. The van der Waals surface area contributed by atoms with E-state index in [9.17, 15) is 5.11 Å². The van der Waals surface area contributed by atoms with Crippen molar-refractivity contribution in [3.05, 3.63) is 29.8 Å². The van der Waals surface area contributed by atoms with Crippen LogP contribution in [0.25, 0.3) is 0 Å². The molecule has 3 heteroatoms. The maximum atomic E-state index is 9.38. The van der Waals surface area contributed by atoms with Gasteiger partial charge in [0.2, 0.25) is 0 Å². The van der Waals surface area contributed by atoms with Crippen LogP contribution in [0.4, 0.5) is 5.69 Å². The largest absolute Gasteiger partial charge is 0.396 e. The first-order valence-corrected chi connectivity index (χ1v) is 8.98. The summed E-state index contributed by atoms with van der Waals surface area (Å²) in [5.74, 6) is 1.45. The van der Waals surface area contributed by atoms with Crippen LogP contribution in [-0.2, 0) is 5.41 Å². The molecule has 1 aromatic rings. The van der Waals surface area contributed by atoms with Crippen LogP contribution in [0.2, 0.25) is 0 Å². The number of likely N-dealkylation sites (N-methyl/N-ethyl adjacent to an activating group) is 1. The highest BCUT2D eigenvalue weighted by Gasteiger charge is 2.68. The molecule has 2 aliphatic heterocycles. The minimum Gasteiger partial charge on any atom is -0.396 e. The van der Waals surface area contributed by atoms with Crippen LogP contribution in [0.3, 0.4) is 0 Å². The number of likely N-dealkylation sites (tertiary alicyclic amines) is 1. The van der Waals surface area contributed by atoms with E-state index in [0.29, 0.717) is 17.9 Å². The summed E-state index contributed by atoms with van der Waals surface area (Å²) in [6.45, 7) is 8.57. The molecule has 3 nitrogen and oxygen atoms in total. The maximum absolute atomic E-state index is 9.38. The normalized spacial score (nSPS) is 34.2. The van der Waals surface area contributed by atoms with Gasteiger partial charge >= 0.3 is 0 Å². The van der Waals surface area contributed by atoms with E-state index in [0.717, 1.165) is 18.9 Å². The van der Waals surface area contributed by atoms with E-state index < -0.39 is 0 Å². The first-order chi connectivity index (χ1) is 10.8. The number of rotatable bonds is 5. The first kappa shape index (κ1) is 14.5. The Morgan fingerprint density at radius 1 is 1.18 bits per heavy atom. The monoisotopic (exact) mass is 300 g/mol. The third-order valence-corrected chi connectivity index (χ3v) is 6.40. The Hall–Kier alpha value is -1.06. The van der Waals surface area contributed by atoms with Gasteiger partial charge in [0.25, 0.3) is 0 Å². The van der Waals surface area contributed by atoms with Crippen molar-refractivity contribution in [3.63, 3.8) is 0 Å². The molecule has 1 aromatic carbocycles. The minimum absolute atomic E-state index is 0.334. The lowest BCUT2D eigenvalue weighted by Gasteiger charge is -2.24. The van der Waals surface area contributed by atoms with Gasteiger partial charge in [0, 0.05) is 43.9 Å². The first-order valence-electron chi connectivity index (χ1n) is 8.98. The third kappa shape index (κ3) is 2.10. The van der Waals surface area contributed by atoms with Crippen LogP contribution in [0.1, 0.15) is 31.7 Å². The van der Waals surface area contributed by atoms with Gasteiger partial charge in [-0.1, -0.05) is 19.1 Å². The summed E-state index contributed by atoms with van der Waals surface area (Å²) < 4.78 is 0. The zero-order valence-electron chi connectivity index (χ0n) is 13.7. The second kappa shape index (κ2) is 5.54. The SMILES string of the molecule is CCN1CC2C(CCO)C2(c2ccc(N3CCCC3)cc2)C1. The van der Waals surface area contributed by atoms with Gasteiger partial charge in [0.1, 0.15) is 0 Å². The van der Waals surface area contributed by atoms with Crippen LogP contribution < -0.4 is 4.90 Å². The second-order valence-corrected chi connectivity index (χ2v) is 7.33. The van der Waals surface area contributed by atoms with Crippen LogP contribution >= 0.6 is 0 Å². The van der Waals surface area contributed by atoms with Gasteiger partial charge in [-0.2, -0.15) is 0 Å². The molecule has 1 N–H and O–H groups in total. The minimum atomic E-state index is 0.334. The van der Waals surface area contributed by atoms with Crippen LogP contribution in [0.5, 0.6) is 0 Å². The molecule has 1 aliphatic carbocycles. The fraction of sp³-hybridized carbons (Fsp3) is 0.684. The summed E-state index contributed by atoms with van der Waals surface area (Å²) in [7, 11) is 0. The average Bonchev–Trinajstić information content (AvgIpc) is 3.01. The molecule has 0 bridgehead atoms. The zero-order valence-corrected chi connectivity index (χ0v) is 13.7. The standard InChI is InChI=1S/C19H28N2O/c1-2-20-13-18-17(9-12-22)19(18,14-20)15-5-7-16(8-6-15)21-10-3-4-11-21/h5-8,17-18,22H,2-4,9-14H2,1H3. The van der Waals surface area contributed by atoms with Crippen molar-refractivity contribution in [2.24, 2.45) is 11.8 Å². The Bertz CT molecular complexity index is 523. The number of hydrogen-bond acceptors (Lipinski definition) is 3. The number of fused-ring (bicyclic) bond motifs is 1. The average molecular weight is 300 g/mol. The molecular weight excluding hydrogens is 272 g/mol. The topological polar surface area (TPSA) is 26.7 Å². The van der Waals surface area contributed by atoms with Crippen LogP contribution in [0, 0.1) is 11.8 Å². The van der Waals surface area contributed by atoms with E-state index in [2.05, 4.69) is 41.0 Å². The molecule has 3 unspecified atom stereocenters. The van der Waals surface area contributed by atoms with Gasteiger partial charge in [0.05, 0.1) is 0 Å². The lowest BCUT2D eigenvalue weighted by atomic mass is 9.91. The highest BCUT2D eigenvalue weighted by atomic mass is 16.3. The summed E-state index contributed by atoms with van der Waals surface area (Å²) in [4.78, 5) is 5.08. The summed E-state index contributed by atoms with van der Waals surface area (Å²) in [6, 6.07) is 9.40. The summed E-state index contributed by atoms with van der Waals surface area (Å²) in [5.41, 5.74) is 3.23. The van der Waals surface area contributed by atoms with E-state index in [-0.39, 0.29) is 0 Å². The predicted octanol–water partition coefficient (Wildman–Crippen LogP) is 2.49.